The Balaban J connectivity index is 1.57. The Morgan fingerprint density at radius 3 is 2.58 bits per heavy atom. The van der Waals surface area contributed by atoms with Gasteiger partial charge in [0.05, 0.1) is 30.9 Å². The summed E-state index contributed by atoms with van der Waals surface area (Å²) in [5.41, 5.74) is 3.01. The van der Waals surface area contributed by atoms with Crippen molar-refractivity contribution in [1.82, 2.24) is 14.8 Å². The van der Waals surface area contributed by atoms with E-state index in [2.05, 4.69) is 16.1 Å². The van der Waals surface area contributed by atoms with Crippen molar-refractivity contribution in [1.29, 1.82) is 0 Å². The van der Waals surface area contributed by atoms with Crippen LogP contribution in [-0.4, -0.2) is 41.8 Å². The molecule has 124 valence electrons. The summed E-state index contributed by atoms with van der Waals surface area (Å²) in [6.07, 6.45) is 4.36. The van der Waals surface area contributed by atoms with E-state index in [4.69, 9.17) is 4.74 Å². The van der Waals surface area contributed by atoms with E-state index in [1.165, 1.54) is 5.56 Å². The summed E-state index contributed by atoms with van der Waals surface area (Å²) in [6, 6.07) is 9.92. The fourth-order valence-corrected chi connectivity index (χ4v) is 4.36. The highest BCUT2D eigenvalue weighted by molar-refractivity contribution is 7.92. The van der Waals surface area contributed by atoms with Gasteiger partial charge in [0, 0.05) is 11.6 Å². The summed E-state index contributed by atoms with van der Waals surface area (Å²) in [5, 5.41) is 5.26. The van der Waals surface area contributed by atoms with E-state index in [9.17, 15) is 8.42 Å². The Bertz CT molecular complexity index is 982. The van der Waals surface area contributed by atoms with Crippen molar-refractivity contribution in [2.24, 2.45) is 0 Å². The van der Waals surface area contributed by atoms with E-state index in [0.717, 1.165) is 28.8 Å². The van der Waals surface area contributed by atoms with Crippen molar-refractivity contribution in [2.75, 3.05) is 18.6 Å². The Hall–Kier alpha value is -2.41. The highest BCUT2D eigenvalue weighted by Crippen LogP contribution is 2.27. The quantitative estimate of drug-likeness (QED) is 0.724. The smallest absolute Gasteiger partial charge is 0.158 e. The topological polar surface area (TPSA) is 74.1 Å². The van der Waals surface area contributed by atoms with Crippen LogP contribution in [0.25, 0.3) is 11.0 Å². The minimum absolute atomic E-state index is 0.0903. The van der Waals surface area contributed by atoms with Crippen LogP contribution >= 0.6 is 0 Å². The van der Waals surface area contributed by atoms with Crippen LogP contribution < -0.4 is 4.74 Å². The molecule has 0 N–H and O–H groups in total. The normalized spacial score (nSPS) is 16.9. The van der Waals surface area contributed by atoms with Crippen molar-refractivity contribution >= 4 is 20.9 Å². The van der Waals surface area contributed by atoms with Gasteiger partial charge in [-0.25, -0.2) is 18.1 Å². The molecule has 0 spiro atoms. The molecule has 1 aromatic carbocycles. The minimum atomic E-state index is -2.88. The summed E-state index contributed by atoms with van der Waals surface area (Å²) in [6.45, 7) is 0. The molecule has 1 aliphatic rings. The Morgan fingerprint density at radius 2 is 1.92 bits per heavy atom. The van der Waals surface area contributed by atoms with Crippen LogP contribution in [0, 0.1) is 0 Å². The second kappa shape index (κ2) is 5.59. The third-order valence-electron chi connectivity index (χ3n) is 4.30. The average molecular weight is 343 g/mol. The van der Waals surface area contributed by atoms with Gasteiger partial charge >= 0.3 is 0 Å². The lowest BCUT2D eigenvalue weighted by molar-refractivity contribution is 0.414. The molecule has 0 radical (unpaired) electrons. The van der Waals surface area contributed by atoms with Crippen LogP contribution in [-0.2, 0) is 16.3 Å². The van der Waals surface area contributed by atoms with Gasteiger partial charge in [-0.15, -0.1) is 0 Å². The number of rotatable bonds is 4. The molecule has 3 heterocycles. The van der Waals surface area contributed by atoms with Crippen molar-refractivity contribution in [3.8, 4) is 5.75 Å². The molecule has 1 aliphatic heterocycles. The Kier molecular flexibility index (Phi) is 3.53. The zero-order chi connectivity index (χ0) is 16.7. The molecule has 24 heavy (non-hydrogen) atoms. The standard InChI is InChI=1S/C17H17N3O3S/c1-23-16-4-2-12(3-5-16)6-13-7-14-9-19-20(17(14)18-8-13)15-10-24(21,22)11-15/h2-5,7-9,15H,6,10-11H2,1H3. The number of methoxy groups -OCH3 is 1. The molecule has 1 saturated heterocycles. The summed E-state index contributed by atoms with van der Waals surface area (Å²) in [4.78, 5) is 4.50. The number of pyridine rings is 1. The van der Waals surface area contributed by atoms with Crippen LogP contribution in [0.1, 0.15) is 17.2 Å². The first-order chi connectivity index (χ1) is 11.5. The maximum Gasteiger partial charge on any atom is 0.158 e. The molecule has 0 amide bonds. The van der Waals surface area contributed by atoms with Gasteiger partial charge in [0.15, 0.2) is 15.5 Å². The van der Waals surface area contributed by atoms with Gasteiger partial charge < -0.3 is 4.74 Å². The fraction of sp³-hybridized carbons (Fsp3) is 0.294. The first kappa shape index (κ1) is 15.1. The third kappa shape index (κ3) is 2.75. The number of hydrogen-bond acceptors (Lipinski definition) is 5. The molecule has 4 rings (SSSR count). The maximum atomic E-state index is 11.4. The summed E-state index contributed by atoms with van der Waals surface area (Å²) in [5.74, 6) is 1.14. The van der Waals surface area contributed by atoms with Crippen LogP contribution in [0.15, 0.2) is 42.7 Å². The number of hydrogen-bond donors (Lipinski definition) is 0. The molecular formula is C17H17N3O3S. The number of benzene rings is 1. The van der Waals surface area contributed by atoms with Crippen LogP contribution in [0.3, 0.4) is 0 Å². The molecule has 2 aromatic heterocycles. The predicted molar refractivity (Wildman–Crippen MR) is 91.0 cm³/mol. The molecule has 0 unspecified atom stereocenters. The maximum absolute atomic E-state index is 11.4. The highest BCUT2D eigenvalue weighted by Gasteiger charge is 2.36. The zero-order valence-electron chi connectivity index (χ0n) is 13.2. The summed E-state index contributed by atoms with van der Waals surface area (Å²) < 4.78 is 29.6. The molecule has 7 heteroatoms. The van der Waals surface area contributed by atoms with Gasteiger partial charge in [0.2, 0.25) is 0 Å². The second-order valence-corrected chi connectivity index (χ2v) is 8.25. The van der Waals surface area contributed by atoms with Crippen LogP contribution in [0.5, 0.6) is 5.75 Å². The predicted octanol–water partition coefficient (Wildman–Crippen LogP) is 2.00. The summed E-state index contributed by atoms with van der Waals surface area (Å²) in [7, 11) is -1.23. The lowest BCUT2D eigenvalue weighted by atomic mass is 10.1. The largest absolute Gasteiger partial charge is 0.497 e. The van der Waals surface area contributed by atoms with E-state index >= 15 is 0 Å². The lowest BCUT2D eigenvalue weighted by Crippen LogP contribution is -2.38. The highest BCUT2D eigenvalue weighted by atomic mass is 32.2. The van der Waals surface area contributed by atoms with Crippen LogP contribution in [0.2, 0.25) is 0 Å². The van der Waals surface area contributed by atoms with Crippen molar-refractivity contribution in [3.05, 3.63) is 53.9 Å². The Labute approximate surface area is 140 Å². The molecule has 3 aromatic rings. The molecule has 0 aliphatic carbocycles. The fourth-order valence-electron chi connectivity index (χ4n) is 3.01. The number of aromatic nitrogens is 3. The molecule has 0 atom stereocenters. The average Bonchev–Trinajstić information content (AvgIpc) is 2.96. The number of sulfone groups is 1. The van der Waals surface area contributed by atoms with Gasteiger partial charge in [0.1, 0.15) is 5.75 Å². The van der Waals surface area contributed by atoms with Gasteiger partial charge in [-0.05, 0) is 35.7 Å². The van der Waals surface area contributed by atoms with E-state index in [1.807, 2.05) is 30.5 Å². The van der Waals surface area contributed by atoms with Crippen molar-refractivity contribution in [2.45, 2.75) is 12.5 Å². The van der Waals surface area contributed by atoms with Crippen molar-refractivity contribution in [3.63, 3.8) is 0 Å². The SMILES string of the molecule is COc1ccc(Cc2cnc3c(cnn3C3CS(=O)(=O)C3)c2)cc1. The van der Waals surface area contributed by atoms with Crippen molar-refractivity contribution < 1.29 is 13.2 Å². The molecular weight excluding hydrogens is 326 g/mol. The summed E-state index contributed by atoms with van der Waals surface area (Å²) >= 11 is 0. The van der Waals surface area contributed by atoms with E-state index < -0.39 is 9.84 Å². The molecule has 0 saturated carbocycles. The molecule has 0 bridgehead atoms. The van der Waals surface area contributed by atoms with Gasteiger partial charge in [0.25, 0.3) is 0 Å². The van der Waals surface area contributed by atoms with Gasteiger partial charge in [-0.2, -0.15) is 5.10 Å². The van der Waals surface area contributed by atoms with Crippen LogP contribution in [0.4, 0.5) is 0 Å². The van der Waals surface area contributed by atoms with E-state index in [1.54, 1.807) is 18.0 Å². The first-order valence-corrected chi connectivity index (χ1v) is 9.52. The number of ether oxygens (including phenoxy) is 1. The lowest BCUT2D eigenvalue weighted by Gasteiger charge is -2.26. The molecule has 1 fully saturated rings. The van der Waals surface area contributed by atoms with E-state index in [-0.39, 0.29) is 17.5 Å². The van der Waals surface area contributed by atoms with Gasteiger partial charge in [-0.1, -0.05) is 12.1 Å². The Morgan fingerprint density at radius 1 is 1.17 bits per heavy atom. The molecule has 6 nitrogen and oxygen atoms in total. The number of fused-ring (bicyclic) bond motifs is 1. The minimum Gasteiger partial charge on any atom is -0.497 e. The number of nitrogens with zero attached hydrogens (tertiary/aromatic N) is 3. The van der Waals surface area contributed by atoms with E-state index in [0.29, 0.717) is 0 Å². The third-order valence-corrected chi connectivity index (χ3v) is 6.08. The first-order valence-electron chi connectivity index (χ1n) is 7.69. The monoisotopic (exact) mass is 343 g/mol. The zero-order valence-corrected chi connectivity index (χ0v) is 14.0. The van der Waals surface area contributed by atoms with Gasteiger partial charge in [-0.3, -0.25) is 0 Å². The second-order valence-electron chi connectivity index (χ2n) is 6.10.